The van der Waals surface area contributed by atoms with Crippen LogP contribution in [-0.2, 0) is 16.1 Å². The maximum Gasteiger partial charge on any atom is 0.276 e. The van der Waals surface area contributed by atoms with Crippen LogP contribution in [0.25, 0.3) is 28.6 Å². The smallest absolute Gasteiger partial charge is 0.276 e. The third-order valence-electron chi connectivity index (χ3n) is 4.49. The first-order chi connectivity index (χ1) is 14.3. The molecule has 0 spiro atoms. The lowest BCUT2D eigenvalue weighted by Crippen LogP contribution is -2.37. The molecule has 0 atom stereocenters. The molecule has 0 aromatic carbocycles. The Morgan fingerprint density at radius 1 is 1.10 bits per heavy atom. The van der Waals surface area contributed by atoms with E-state index in [1.165, 1.54) is 0 Å². The third kappa shape index (κ3) is 3.41. The van der Waals surface area contributed by atoms with E-state index in [0.29, 0.717) is 47.6 Å². The molecule has 148 valence electrons. The molecule has 1 saturated heterocycles. The lowest BCUT2D eigenvalue weighted by molar-refractivity contribution is 0.122. The molecule has 1 fully saturated rings. The lowest BCUT2D eigenvalue weighted by atomic mass is 10.2. The number of hydrogen-bond donors (Lipinski definition) is 0. The number of nitrogens with zero attached hydrogens (tertiary/aromatic N) is 8. The Balaban J connectivity index is 1.63. The largest absolute Gasteiger partial charge is 0.378 e. The maximum absolute atomic E-state index is 5.49. The summed E-state index contributed by atoms with van der Waals surface area (Å²) in [6, 6.07) is 5.50. The van der Waals surface area contributed by atoms with Gasteiger partial charge in [0.15, 0.2) is 11.6 Å². The van der Waals surface area contributed by atoms with E-state index in [-0.39, 0.29) is 6.61 Å². The molecule has 0 N–H and O–H groups in total. The summed E-state index contributed by atoms with van der Waals surface area (Å²) in [5, 5.41) is 8.15. The molecule has 11 nitrogen and oxygen atoms in total. The number of aromatic nitrogens is 7. The molecular formula is C18H18N8O3. The van der Waals surface area contributed by atoms with Crippen molar-refractivity contribution >= 4 is 16.9 Å². The van der Waals surface area contributed by atoms with Gasteiger partial charge in [-0.2, -0.15) is 15.1 Å². The molecule has 0 bridgehead atoms. The highest BCUT2D eigenvalue weighted by atomic mass is 16.5. The fourth-order valence-corrected chi connectivity index (χ4v) is 3.14. The third-order valence-corrected chi connectivity index (χ3v) is 4.49. The number of morpholine rings is 1. The minimum Gasteiger partial charge on any atom is -0.378 e. The van der Waals surface area contributed by atoms with Crippen LogP contribution in [-0.4, -0.2) is 68.3 Å². The van der Waals surface area contributed by atoms with E-state index >= 15 is 0 Å². The average Bonchev–Trinajstić information content (AvgIpc) is 3.46. The molecule has 0 saturated carbocycles. The van der Waals surface area contributed by atoms with Crippen LogP contribution in [0.3, 0.4) is 0 Å². The Morgan fingerprint density at radius 2 is 2.00 bits per heavy atom. The molecule has 29 heavy (non-hydrogen) atoms. The number of anilines is 1. The summed E-state index contributed by atoms with van der Waals surface area (Å²) in [7, 11) is 1.58. The first-order valence-electron chi connectivity index (χ1n) is 9.15. The van der Waals surface area contributed by atoms with E-state index in [2.05, 4.69) is 25.1 Å². The summed E-state index contributed by atoms with van der Waals surface area (Å²) in [4.78, 5) is 20.6. The number of methoxy groups -OCH3 is 1. The second-order valence-corrected chi connectivity index (χ2v) is 6.41. The van der Waals surface area contributed by atoms with Gasteiger partial charge in [-0.15, -0.1) is 0 Å². The minimum absolute atomic E-state index is 0.270. The Bertz CT molecular complexity index is 1120. The van der Waals surface area contributed by atoms with Gasteiger partial charge in [-0.05, 0) is 18.2 Å². The SMILES string of the molecule is COCc1noc(-c2ccc3nc(-n4cccn4)nc(N4CCOCC4)c3n2)n1. The molecule has 1 aliphatic heterocycles. The quantitative estimate of drug-likeness (QED) is 0.489. The Hall–Kier alpha value is -3.44. The van der Waals surface area contributed by atoms with Crippen molar-refractivity contribution in [3.05, 3.63) is 36.4 Å². The minimum atomic E-state index is 0.270. The topological polar surface area (TPSA) is 117 Å². The number of rotatable bonds is 5. The van der Waals surface area contributed by atoms with Gasteiger partial charge in [0, 0.05) is 32.6 Å². The number of pyridine rings is 1. The summed E-state index contributed by atoms with van der Waals surface area (Å²) < 4.78 is 17.5. The summed E-state index contributed by atoms with van der Waals surface area (Å²) in [5.74, 6) is 1.99. The van der Waals surface area contributed by atoms with Gasteiger partial charge in [-0.3, -0.25) is 0 Å². The van der Waals surface area contributed by atoms with Crippen molar-refractivity contribution in [2.24, 2.45) is 0 Å². The maximum atomic E-state index is 5.49. The van der Waals surface area contributed by atoms with E-state index in [0.717, 1.165) is 18.9 Å². The average molecular weight is 394 g/mol. The van der Waals surface area contributed by atoms with Gasteiger partial charge < -0.3 is 18.9 Å². The Morgan fingerprint density at radius 3 is 2.79 bits per heavy atom. The molecule has 0 aliphatic carbocycles. The molecule has 0 unspecified atom stereocenters. The highest BCUT2D eigenvalue weighted by molar-refractivity contribution is 5.87. The van der Waals surface area contributed by atoms with Crippen LogP contribution >= 0.6 is 0 Å². The van der Waals surface area contributed by atoms with Crippen molar-refractivity contribution in [1.29, 1.82) is 0 Å². The molecule has 0 amide bonds. The van der Waals surface area contributed by atoms with Gasteiger partial charge in [0.1, 0.15) is 17.8 Å². The Kier molecular flexibility index (Phi) is 4.58. The van der Waals surface area contributed by atoms with E-state index in [1.807, 2.05) is 18.3 Å². The van der Waals surface area contributed by atoms with Gasteiger partial charge in [-0.1, -0.05) is 5.16 Å². The van der Waals surface area contributed by atoms with Gasteiger partial charge in [0.05, 0.1) is 18.7 Å². The Labute approximate surface area is 165 Å². The van der Waals surface area contributed by atoms with Crippen molar-refractivity contribution in [2.45, 2.75) is 6.61 Å². The number of fused-ring (bicyclic) bond motifs is 1. The lowest BCUT2D eigenvalue weighted by Gasteiger charge is -2.28. The van der Waals surface area contributed by atoms with Crippen molar-refractivity contribution in [2.75, 3.05) is 38.3 Å². The van der Waals surface area contributed by atoms with Crippen molar-refractivity contribution < 1.29 is 14.0 Å². The predicted molar refractivity (Wildman–Crippen MR) is 101 cm³/mol. The zero-order valence-corrected chi connectivity index (χ0v) is 15.7. The zero-order chi connectivity index (χ0) is 19.6. The van der Waals surface area contributed by atoms with E-state index < -0.39 is 0 Å². The van der Waals surface area contributed by atoms with Crippen molar-refractivity contribution in [1.82, 2.24) is 34.9 Å². The van der Waals surface area contributed by atoms with E-state index in [1.54, 1.807) is 24.1 Å². The van der Waals surface area contributed by atoms with E-state index in [9.17, 15) is 0 Å². The number of hydrogen-bond acceptors (Lipinski definition) is 10. The van der Waals surface area contributed by atoms with Gasteiger partial charge in [0.2, 0.25) is 0 Å². The first-order valence-corrected chi connectivity index (χ1v) is 9.15. The highest BCUT2D eigenvalue weighted by Crippen LogP contribution is 2.27. The number of ether oxygens (including phenoxy) is 2. The normalized spacial score (nSPS) is 14.6. The van der Waals surface area contributed by atoms with Crippen molar-refractivity contribution in [3.63, 3.8) is 0 Å². The second kappa shape index (κ2) is 7.53. The van der Waals surface area contributed by atoms with Crippen LogP contribution in [0.1, 0.15) is 5.82 Å². The predicted octanol–water partition coefficient (Wildman–Crippen LogP) is 1.24. The van der Waals surface area contributed by atoms with Crippen LogP contribution in [0.2, 0.25) is 0 Å². The summed E-state index contributed by atoms with van der Waals surface area (Å²) >= 11 is 0. The van der Waals surface area contributed by atoms with Crippen LogP contribution < -0.4 is 4.90 Å². The standard InChI is InChI=1S/C18H18N8O3/c1-27-11-14-22-17(29-24-14)13-4-3-12-15(20-13)16(25-7-9-28-10-8-25)23-18(21-12)26-6-2-5-19-26/h2-6H,7-11H2,1H3. The zero-order valence-electron chi connectivity index (χ0n) is 15.7. The highest BCUT2D eigenvalue weighted by Gasteiger charge is 2.21. The second-order valence-electron chi connectivity index (χ2n) is 6.41. The van der Waals surface area contributed by atoms with Crippen LogP contribution in [0.4, 0.5) is 5.82 Å². The molecule has 5 heterocycles. The van der Waals surface area contributed by atoms with Gasteiger partial charge in [-0.25, -0.2) is 14.6 Å². The van der Waals surface area contributed by atoms with Crippen LogP contribution in [0.5, 0.6) is 0 Å². The first kappa shape index (κ1) is 17.6. The molecule has 0 radical (unpaired) electrons. The van der Waals surface area contributed by atoms with E-state index in [4.69, 9.17) is 24.0 Å². The summed E-state index contributed by atoms with van der Waals surface area (Å²) in [6.45, 7) is 2.97. The van der Waals surface area contributed by atoms with Gasteiger partial charge in [0.25, 0.3) is 11.8 Å². The summed E-state index contributed by atoms with van der Waals surface area (Å²) in [6.07, 6.45) is 3.50. The van der Waals surface area contributed by atoms with Gasteiger partial charge >= 0.3 is 0 Å². The fourth-order valence-electron chi connectivity index (χ4n) is 3.14. The molecule has 11 heteroatoms. The monoisotopic (exact) mass is 394 g/mol. The molecule has 4 aromatic heterocycles. The van der Waals surface area contributed by atoms with Crippen LogP contribution in [0.15, 0.2) is 35.1 Å². The molecule has 5 rings (SSSR count). The molecule has 4 aromatic rings. The molecular weight excluding hydrogens is 376 g/mol. The van der Waals surface area contributed by atoms with Crippen LogP contribution in [0, 0.1) is 0 Å². The van der Waals surface area contributed by atoms with Crippen molar-refractivity contribution in [3.8, 4) is 17.5 Å². The molecule has 1 aliphatic rings. The summed E-state index contributed by atoms with van der Waals surface area (Å²) in [5.41, 5.74) is 1.91. The fraction of sp³-hybridized carbons (Fsp3) is 0.333.